The number of carbonyl (C=O) groups excluding carboxylic acids is 1. The largest absolute Gasteiger partial charge is 0.360 e. The van der Waals surface area contributed by atoms with Gasteiger partial charge in [-0.25, -0.2) is 4.68 Å². The zero-order valence-electron chi connectivity index (χ0n) is 17.5. The molecule has 2 atom stereocenters. The predicted molar refractivity (Wildman–Crippen MR) is 131 cm³/mol. The second-order valence-electron chi connectivity index (χ2n) is 9.64. The fourth-order valence-electron chi connectivity index (χ4n) is 4.55. The van der Waals surface area contributed by atoms with E-state index in [9.17, 15) is 4.79 Å². The van der Waals surface area contributed by atoms with E-state index in [0.717, 1.165) is 44.9 Å². The molecule has 0 bridgehead atoms. The number of ether oxygens (including phenoxy) is 1. The Morgan fingerprint density at radius 1 is 1.27 bits per heavy atom. The van der Waals surface area contributed by atoms with Crippen LogP contribution in [-0.2, 0) is 21.7 Å². The van der Waals surface area contributed by atoms with Crippen molar-refractivity contribution in [3.63, 3.8) is 0 Å². The second kappa shape index (κ2) is 7.17. The minimum Gasteiger partial charge on any atom is -0.360 e. The van der Waals surface area contributed by atoms with Gasteiger partial charge in [-0.05, 0) is 64.4 Å². The summed E-state index contributed by atoms with van der Waals surface area (Å²) in [6.45, 7) is 8.32. The minimum absolute atomic E-state index is 0.131. The van der Waals surface area contributed by atoms with Gasteiger partial charge in [-0.3, -0.25) is 4.79 Å². The van der Waals surface area contributed by atoms with E-state index in [1.807, 2.05) is 22.9 Å². The van der Waals surface area contributed by atoms with E-state index in [2.05, 4.69) is 71.8 Å². The van der Waals surface area contributed by atoms with Crippen LogP contribution in [-0.4, -0.2) is 30.4 Å². The quantitative estimate of drug-likeness (QED) is 0.266. The molecule has 0 unspecified atom stereocenters. The number of para-hydroxylation sites is 1. The summed E-state index contributed by atoms with van der Waals surface area (Å²) in [5.74, 6) is 0.339. The van der Waals surface area contributed by atoms with E-state index in [0.29, 0.717) is 6.73 Å². The smallest absolute Gasteiger partial charge is 0.235 e. The van der Waals surface area contributed by atoms with Crippen LogP contribution in [0, 0.1) is 3.70 Å². The monoisotopic (exact) mass is 531 g/mol. The molecular weight excluding hydrogens is 505 g/mol. The number of fused-ring (bicyclic) bond motifs is 3. The van der Waals surface area contributed by atoms with Crippen molar-refractivity contribution < 1.29 is 9.53 Å². The zero-order valence-corrected chi connectivity index (χ0v) is 20.7. The van der Waals surface area contributed by atoms with Crippen LogP contribution in [0.4, 0.5) is 5.69 Å². The first kappa shape index (κ1) is 20.2. The van der Waals surface area contributed by atoms with Crippen molar-refractivity contribution in [2.24, 2.45) is 0 Å². The lowest BCUT2D eigenvalue weighted by Gasteiger charge is -2.15. The molecule has 1 saturated carbocycles. The Morgan fingerprint density at radius 3 is 2.87 bits per heavy atom. The Bertz CT molecular complexity index is 1150. The lowest BCUT2D eigenvalue weighted by molar-refractivity contribution is -0.118. The lowest BCUT2D eigenvalue weighted by atomic mass is 9.92. The van der Waals surface area contributed by atoms with Crippen molar-refractivity contribution in [2.75, 3.05) is 11.9 Å². The number of halogens is 1. The highest BCUT2D eigenvalue weighted by Crippen LogP contribution is 2.65. The molecular formula is C23H26IN3O2Si. The fourth-order valence-corrected chi connectivity index (χ4v) is 6.02. The summed E-state index contributed by atoms with van der Waals surface area (Å²) in [5, 5.41) is 8.91. The Balaban J connectivity index is 1.42. The molecule has 156 valence electrons. The number of aromatic nitrogens is 2. The predicted octanol–water partition coefficient (Wildman–Crippen LogP) is 5.33. The molecule has 1 aliphatic heterocycles. The van der Waals surface area contributed by atoms with E-state index in [1.54, 1.807) is 0 Å². The third-order valence-electron chi connectivity index (χ3n) is 6.36. The number of rotatable bonds is 6. The molecule has 0 saturated heterocycles. The average Bonchev–Trinajstić information content (AvgIpc) is 3.29. The minimum atomic E-state index is -1.11. The van der Waals surface area contributed by atoms with Crippen molar-refractivity contribution in [1.82, 2.24) is 9.78 Å². The summed E-state index contributed by atoms with van der Waals surface area (Å²) in [6, 6.07) is 15.7. The van der Waals surface area contributed by atoms with Crippen molar-refractivity contribution >= 4 is 53.2 Å². The first-order valence-electron chi connectivity index (χ1n) is 10.4. The Kier molecular flexibility index (Phi) is 4.83. The molecule has 0 radical (unpaired) electrons. The molecule has 1 aliphatic carbocycles. The van der Waals surface area contributed by atoms with Crippen LogP contribution < -0.4 is 5.32 Å². The summed E-state index contributed by atoms with van der Waals surface area (Å²) in [6.07, 6.45) is 0.860. The SMILES string of the molecule is C[Si](C)(C)CCOCn1nc(I)c2ccc([C@@H]3C[C@@]34C(=O)Nc3ccccc34)cc21. The molecule has 5 nitrogen and oxygen atoms in total. The standard InChI is InChI=1S/C23H26IN3O2Si/c1-30(2,3)11-10-29-14-27-20-12-15(8-9-16(20)21(24)26-27)18-13-23(18)17-6-4-5-7-19(17)25-22(23)28/h4-9,12,18H,10-11,13-14H2,1-3H3,(H,25,28)/t18-,23-/m0/s1. The maximum absolute atomic E-state index is 12.8. The summed E-state index contributed by atoms with van der Waals surface area (Å²) in [5.41, 5.74) is 3.97. The van der Waals surface area contributed by atoms with Crippen LogP contribution in [0.5, 0.6) is 0 Å². The Morgan fingerprint density at radius 2 is 2.07 bits per heavy atom. The van der Waals surface area contributed by atoms with Crippen LogP contribution >= 0.6 is 22.6 Å². The first-order valence-corrected chi connectivity index (χ1v) is 15.2. The summed E-state index contributed by atoms with van der Waals surface area (Å²) in [4.78, 5) is 12.8. The number of amides is 1. The highest BCUT2D eigenvalue weighted by Gasteiger charge is 2.65. The lowest BCUT2D eigenvalue weighted by Crippen LogP contribution is -2.22. The Labute approximate surface area is 191 Å². The van der Waals surface area contributed by atoms with Gasteiger partial charge in [0.05, 0.1) is 10.9 Å². The highest BCUT2D eigenvalue weighted by atomic mass is 127. The fraction of sp³-hybridized carbons (Fsp3) is 0.391. The molecule has 2 heterocycles. The number of carbonyl (C=O) groups is 1. The normalized spacial score (nSPS) is 22.5. The molecule has 30 heavy (non-hydrogen) atoms. The molecule has 1 aromatic heterocycles. The molecule has 1 spiro atoms. The van der Waals surface area contributed by atoms with Gasteiger partial charge in [0.15, 0.2) is 0 Å². The molecule has 1 N–H and O–H groups in total. The van der Waals surface area contributed by atoms with Crippen LogP contribution in [0.25, 0.3) is 10.9 Å². The number of nitrogens with one attached hydrogen (secondary N) is 1. The van der Waals surface area contributed by atoms with Gasteiger partial charge in [-0.1, -0.05) is 43.9 Å². The second-order valence-corrected chi connectivity index (χ2v) is 16.3. The average molecular weight is 531 g/mol. The third kappa shape index (κ3) is 3.31. The van der Waals surface area contributed by atoms with E-state index < -0.39 is 13.5 Å². The van der Waals surface area contributed by atoms with Crippen LogP contribution in [0.1, 0.15) is 23.5 Å². The number of hydrogen-bond acceptors (Lipinski definition) is 3. The van der Waals surface area contributed by atoms with E-state index in [1.165, 1.54) is 5.56 Å². The van der Waals surface area contributed by atoms with Gasteiger partial charge >= 0.3 is 0 Å². The van der Waals surface area contributed by atoms with E-state index >= 15 is 0 Å². The summed E-state index contributed by atoms with van der Waals surface area (Å²) in [7, 11) is -1.11. The van der Waals surface area contributed by atoms with Crippen LogP contribution in [0.15, 0.2) is 42.5 Å². The summed E-state index contributed by atoms with van der Waals surface area (Å²) >= 11 is 2.29. The van der Waals surface area contributed by atoms with Gasteiger partial charge in [-0.2, -0.15) is 5.10 Å². The molecule has 1 amide bonds. The van der Waals surface area contributed by atoms with Gasteiger partial charge in [0.2, 0.25) is 5.91 Å². The molecule has 3 aromatic rings. The zero-order chi connectivity index (χ0) is 21.1. The van der Waals surface area contributed by atoms with Gasteiger partial charge in [-0.15, -0.1) is 0 Å². The van der Waals surface area contributed by atoms with Crippen molar-refractivity contribution in [3.05, 3.63) is 57.3 Å². The number of anilines is 1. The van der Waals surface area contributed by atoms with Gasteiger partial charge < -0.3 is 10.1 Å². The number of benzene rings is 2. The highest BCUT2D eigenvalue weighted by molar-refractivity contribution is 14.1. The summed E-state index contributed by atoms with van der Waals surface area (Å²) < 4.78 is 8.90. The number of hydrogen-bond donors (Lipinski definition) is 1. The van der Waals surface area contributed by atoms with Crippen molar-refractivity contribution in [1.29, 1.82) is 0 Å². The number of nitrogens with zero attached hydrogens (tertiary/aromatic N) is 2. The molecule has 5 rings (SSSR count). The maximum atomic E-state index is 12.8. The Hall–Kier alpha value is -1.71. The molecule has 7 heteroatoms. The van der Waals surface area contributed by atoms with E-state index in [4.69, 9.17) is 9.84 Å². The first-order chi connectivity index (χ1) is 14.3. The molecule has 2 aromatic carbocycles. The van der Waals surface area contributed by atoms with Crippen LogP contribution in [0.2, 0.25) is 25.7 Å². The molecule has 2 aliphatic rings. The van der Waals surface area contributed by atoms with Gasteiger partial charge in [0.25, 0.3) is 0 Å². The third-order valence-corrected chi connectivity index (χ3v) is 8.87. The topological polar surface area (TPSA) is 56.2 Å². The van der Waals surface area contributed by atoms with Gasteiger partial charge in [0.1, 0.15) is 10.4 Å². The van der Waals surface area contributed by atoms with Crippen molar-refractivity contribution in [3.8, 4) is 0 Å². The maximum Gasteiger partial charge on any atom is 0.235 e. The van der Waals surface area contributed by atoms with Crippen molar-refractivity contribution in [2.45, 2.75) is 50.2 Å². The molecule has 1 fully saturated rings. The van der Waals surface area contributed by atoms with E-state index in [-0.39, 0.29) is 11.8 Å². The van der Waals surface area contributed by atoms with Crippen LogP contribution in [0.3, 0.4) is 0 Å². The van der Waals surface area contributed by atoms with Gasteiger partial charge in [0, 0.05) is 31.7 Å².